The zero-order chi connectivity index (χ0) is 18.6. The lowest BCUT2D eigenvalue weighted by atomic mass is 9.83. The first-order valence-electron chi connectivity index (χ1n) is 9.77. The predicted octanol–water partition coefficient (Wildman–Crippen LogP) is 4.93. The van der Waals surface area contributed by atoms with Crippen LogP contribution in [0.25, 0.3) is 0 Å². The van der Waals surface area contributed by atoms with E-state index in [4.69, 9.17) is 4.74 Å². The molecule has 0 unspecified atom stereocenters. The molecule has 2 aromatic heterocycles. The van der Waals surface area contributed by atoms with Crippen molar-refractivity contribution in [3.8, 4) is 0 Å². The molecule has 0 aromatic carbocycles. The summed E-state index contributed by atoms with van der Waals surface area (Å²) in [6.45, 7) is 13.5. The molecule has 0 saturated carbocycles. The second-order valence-electron chi connectivity index (χ2n) is 7.82. The molecular weight excluding hydrogens is 340 g/mol. The van der Waals surface area contributed by atoms with E-state index in [1.807, 2.05) is 11.3 Å². The molecule has 142 valence electrons. The van der Waals surface area contributed by atoms with E-state index in [0.717, 1.165) is 38.5 Å². The second-order valence-corrected chi connectivity index (χ2v) is 8.85. The van der Waals surface area contributed by atoms with E-state index in [9.17, 15) is 0 Å². The Hall–Kier alpha value is -1.23. The molecular formula is C22H32N2OS. The number of hydrogen-bond acceptors (Lipinski definition) is 4. The van der Waals surface area contributed by atoms with Crippen molar-refractivity contribution in [2.75, 3.05) is 26.3 Å². The van der Waals surface area contributed by atoms with Gasteiger partial charge in [-0.3, -0.25) is 9.88 Å². The van der Waals surface area contributed by atoms with Crippen molar-refractivity contribution in [2.45, 2.75) is 53.5 Å². The van der Waals surface area contributed by atoms with Crippen LogP contribution in [0, 0.1) is 26.2 Å². The van der Waals surface area contributed by atoms with Gasteiger partial charge in [-0.1, -0.05) is 6.07 Å². The van der Waals surface area contributed by atoms with E-state index < -0.39 is 0 Å². The lowest BCUT2D eigenvalue weighted by Crippen LogP contribution is -2.32. The Kier molecular flexibility index (Phi) is 6.49. The molecule has 0 spiro atoms. The molecule has 1 atom stereocenters. The standard InChI is InChI=1S/C22H32N2OS/c1-5-25-16-22(9-8-20-7-6-12-26-20)10-11-24(15-22)14-21-17(2)13-18(3)23-19(21)4/h6-7,12-13H,5,8-11,14-16H2,1-4H3/t22-/m0/s1. The molecule has 0 bridgehead atoms. The van der Waals surface area contributed by atoms with Crippen LogP contribution in [0.4, 0.5) is 0 Å². The van der Waals surface area contributed by atoms with Crippen molar-refractivity contribution in [1.82, 2.24) is 9.88 Å². The van der Waals surface area contributed by atoms with Crippen molar-refractivity contribution in [3.63, 3.8) is 0 Å². The Balaban J connectivity index is 1.68. The minimum absolute atomic E-state index is 0.292. The normalized spacial score (nSPS) is 20.8. The molecule has 1 saturated heterocycles. The number of thiophene rings is 1. The molecule has 2 aromatic rings. The average Bonchev–Trinajstić information content (AvgIpc) is 3.25. The van der Waals surface area contributed by atoms with Gasteiger partial charge in [-0.25, -0.2) is 0 Å². The number of ether oxygens (including phenoxy) is 1. The molecule has 4 heteroatoms. The van der Waals surface area contributed by atoms with Crippen molar-refractivity contribution < 1.29 is 4.74 Å². The molecule has 1 aliphatic rings. The third kappa shape index (κ3) is 4.73. The Bertz CT molecular complexity index is 690. The fourth-order valence-corrected chi connectivity index (χ4v) is 4.94. The van der Waals surface area contributed by atoms with Gasteiger partial charge < -0.3 is 4.74 Å². The highest BCUT2D eigenvalue weighted by Gasteiger charge is 2.38. The third-order valence-electron chi connectivity index (χ3n) is 5.68. The van der Waals surface area contributed by atoms with Gasteiger partial charge in [0.05, 0.1) is 6.61 Å². The molecule has 1 aliphatic heterocycles. The topological polar surface area (TPSA) is 25.4 Å². The first-order chi connectivity index (χ1) is 12.5. The van der Waals surface area contributed by atoms with Crippen LogP contribution in [-0.2, 0) is 17.7 Å². The molecule has 0 amide bonds. The van der Waals surface area contributed by atoms with Crippen LogP contribution in [0.2, 0.25) is 0 Å². The minimum Gasteiger partial charge on any atom is -0.381 e. The van der Waals surface area contributed by atoms with E-state index in [1.54, 1.807) is 0 Å². The minimum atomic E-state index is 0.292. The number of rotatable bonds is 8. The van der Waals surface area contributed by atoms with Crippen LogP contribution in [0.3, 0.4) is 0 Å². The van der Waals surface area contributed by atoms with Crippen LogP contribution in [0.5, 0.6) is 0 Å². The first-order valence-corrected chi connectivity index (χ1v) is 10.7. The molecule has 0 radical (unpaired) electrons. The number of hydrogen-bond donors (Lipinski definition) is 0. The third-order valence-corrected chi connectivity index (χ3v) is 6.61. The number of nitrogens with zero attached hydrogens (tertiary/aromatic N) is 2. The fourth-order valence-electron chi connectivity index (χ4n) is 4.23. The fraction of sp³-hybridized carbons (Fsp3) is 0.591. The summed E-state index contributed by atoms with van der Waals surface area (Å²) in [5, 5.41) is 2.18. The summed E-state index contributed by atoms with van der Waals surface area (Å²) in [4.78, 5) is 8.79. The van der Waals surface area contributed by atoms with E-state index in [1.165, 1.54) is 41.0 Å². The maximum Gasteiger partial charge on any atom is 0.0535 e. The summed E-state index contributed by atoms with van der Waals surface area (Å²) in [6.07, 6.45) is 3.62. The summed E-state index contributed by atoms with van der Waals surface area (Å²) in [5.74, 6) is 0. The highest BCUT2D eigenvalue weighted by molar-refractivity contribution is 7.09. The maximum atomic E-state index is 5.92. The molecule has 1 fully saturated rings. The van der Waals surface area contributed by atoms with E-state index >= 15 is 0 Å². The van der Waals surface area contributed by atoms with E-state index in [2.05, 4.69) is 61.2 Å². The van der Waals surface area contributed by atoms with Crippen LogP contribution >= 0.6 is 11.3 Å². The van der Waals surface area contributed by atoms with Crippen molar-refractivity contribution in [2.24, 2.45) is 5.41 Å². The number of aromatic nitrogens is 1. The van der Waals surface area contributed by atoms with Crippen LogP contribution in [0.15, 0.2) is 23.6 Å². The van der Waals surface area contributed by atoms with Gasteiger partial charge in [0.1, 0.15) is 0 Å². The van der Waals surface area contributed by atoms with E-state index in [0.29, 0.717) is 5.41 Å². The Morgan fingerprint density at radius 2 is 2.15 bits per heavy atom. The van der Waals surface area contributed by atoms with Crippen LogP contribution in [-0.4, -0.2) is 36.2 Å². The van der Waals surface area contributed by atoms with Crippen molar-refractivity contribution in [1.29, 1.82) is 0 Å². The summed E-state index contributed by atoms with van der Waals surface area (Å²) >= 11 is 1.87. The summed E-state index contributed by atoms with van der Waals surface area (Å²) in [5.41, 5.74) is 5.37. The number of pyridine rings is 1. The zero-order valence-electron chi connectivity index (χ0n) is 16.7. The van der Waals surface area contributed by atoms with Crippen molar-refractivity contribution >= 4 is 11.3 Å². The average molecular weight is 373 g/mol. The summed E-state index contributed by atoms with van der Waals surface area (Å²) in [6, 6.07) is 6.63. The second kappa shape index (κ2) is 8.64. The largest absolute Gasteiger partial charge is 0.381 e. The quantitative estimate of drug-likeness (QED) is 0.657. The summed E-state index contributed by atoms with van der Waals surface area (Å²) < 4.78 is 5.92. The molecule has 26 heavy (non-hydrogen) atoms. The Labute approximate surface area is 162 Å². The van der Waals surface area contributed by atoms with Crippen molar-refractivity contribution in [3.05, 3.63) is 51.0 Å². The zero-order valence-corrected chi connectivity index (χ0v) is 17.5. The molecule has 0 N–H and O–H groups in total. The predicted molar refractivity (Wildman–Crippen MR) is 110 cm³/mol. The highest BCUT2D eigenvalue weighted by Crippen LogP contribution is 2.37. The Morgan fingerprint density at radius 1 is 1.31 bits per heavy atom. The van der Waals surface area contributed by atoms with Gasteiger partial charge in [-0.05, 0) is 82.1 Å². The van der Waals surface area contributed by atoms with Gasteiger partial charge in [0.25, 0.3) is 0 Å². The SMILES string of the molecule is CCOC[C@@]1(CCc2cccs2)CCN(Cc2c(C)cc(C)nc2C)C1. The highest BCUT2D eigenvalue weighted by atomic mass is 32.1. The van der Waals surface area contributed by atoms with Gasteiger partial charge in [0.2, 0.25) is 0 Å². The lowest BCUT2D eigenvalue weighted by molar-refractivity contribution is 0.0490. The molecule has 3 nitrogen and oxygen atoms in total. The van der Waals surface area contributed by atoms with Crippen LogP contribution in [0.1, 0.15) is 47.2 Å². The van der Waals surface area contributed by atoms with Crippen LogP contribution < -0.4 is 0 Å². The molecule has 3 heterocycles. The van der Waals surface area contributed by atoms with Gasteiger partial charge in [0, 0.05) is 41.4 Å². The van der Waals surface area contributed by atoms with E-state index in [-0.39, 0.29) is 0 Å². The smallest absolute Gasteiger partial charge is 0.0535 e. The first kappa shape index (κ1) is 19.5. The Morgan fingerprint density at radius 3 is 2.85 bits per heavy atom. The number of aryl methyl sites for hydroxylation is 4. The van der Waals surface area contributed by atoms with Gasteiger partial charge in [0.15, 0.2) is 0 Å². The van der Waals surface area contributed by atoms with Gasteiger partial charge >= 0.3 is 0 Å². The molecule has 0 aliphatic carbocycles. The summed E-state index contributed by atoms with van der Waals surface area (Å²) in [7, 11) is 0. The maximum absolute atomic E-state index is 5.92. The molecule has 3 rings (SSSR count). The lowest BCUT2D eigenvalue weighted by Gasteiger charge is -2.29. The van der Waals surface area contributed by atoms with Gasteiger partial charge in [-0.2, -0.15) is 0 Å². The monoisotopic (exact) mass is 372 g/mol. The van der Waals surface area contributed by atoms with Gasteiger partial charge in [-0.15, -0.1) is 11.3 Å². The number of likely N-dealkylation sites (tertiary alicyclic amines) is 1.